The minimum absolute atomic E-state index is 0.0852. The molecule has 0 aliphatic rings. The van der Waals surface area contributed by atoms with Crippen molar-refractivity contribution in [1.29, 1.82) is 0 Å². The maximum Gasteiger partial charge on any atom is 0.120 e. The largest absolute Gasteiger partial charge is 0.491 e. The Morgan fingerprint density at radius 3 is 2.24 bits per heavy atom. The van der Waals surface area contributed by atoms with Crippen LogP contribution in [-0.4, -0.2) is 34.5 Å². The van der Waals surface area contributed by atoms with Crippen LogP contribution >= 0.6 is 0 Å². The molecule has 2 rings (SSSR count). The molecule has 0 radical (unpaired) electrons. The number of pyridine rings is 1. The van der Waals surface area contributed by atoms with E-state index < -0.39 is 6.10 Å². The number of benzene rings is 1. The van der Waals surface area contributed by atoms with Crippen molar-refractivity contribution in [2.24, 2.45) is 0 Å². The summed E-state index contributed by atoms with van der Waals surface area (Å²) in [6.07, 6.45) is 3.75. The predicted octanol–water partition coefficient (Wildman–Crippen LogP) is 3.65. The Kier molecular flexibility index (Phi) is 6.97. The smallest absolute Gasteiger partial charge is 0.120 e. The minimum atomic E-state index is -0.863. The molecule has 1 heterocycles. The first kappa shape index (κ1) is 19.4. The van der Waals surface area contributed by atoms with E-state index in [0.29, 0.717) is 11.8 Å². The maximum absolute atomic E-state index is 9.50. The molecule has 0 bridgehead atoms. The monoisotopic (exact) mass is 343 g/mol. The molecule has 25 heavy (non-hydrogen) atoms. The first-order valence-electron chi connectivity index (χ1n) is 8.88. The third-order valence-corrected chi connectivity index (χ3v) is 4.20. The van der Waals surface area contributed by atoms with Crippen molar-refractivity contribution < 1.29 is 14.9 Å². The highest BCUT2D eigenvalue weighted by molar-refractivity contribution is 5.38. The Hall–Kier alpha value is -1.91. The molecule has 1 atom stereocenters. The van der Waals surface area contributed by atoms with Gasteiger partial charge in [-0.15, -0.1) is 0 Å². The van der Waals surface area contributed by atoms with Crippen molar-refractivity contribution in [3.8, 4) is 5.75 Å². The molecule has 1 aromatic heterocycles. The molecule has 2 N–H and O–H groups in total. The summed E-state index contributed by atoms with van der Waals surface area (Å²) in [6.45, 7) is 8.41. The first-order chi connectivity index (χ1) is 11.9. The van der Waals surface area contributed by atoms with Gasteiger partial charge in [0.25, 0.3) is 0 Å². The zero-order valence-corrected chi connectivity index (χ0v) is 15.6. The number of aliphatic hydroxyl groups excluding tert-OH is 2. The second-order valence-corrected chi connectivity index (χ2v) is 7.17. The van der Waals surface area contributed by atoms with Crippen LogP contribution in [0.5, 0.6) is 5.75 Å². The summed E-state index contributed by atoms with van der Waals surface area (Å²) in [5.74, 6) is 1.56. The van der Waals surface area contributed by atoms with E-state index in [1.165, 1.54) is 16.7 Å². The molecule has 0 aliphatic heterocycles. The van der Waals surface area contributed by atoms with Crippen LogP contribution in [0.25, 0.3) is 0 Å². The lowest BCUT2D eigenvalue weighted by Gasteiger charge is -2.15. The number of rotatable bonds is 8. The van der Waals surface area contributed by atoms with Crippen LogP contribution in [0.15, 0.2) is 36.7 Å². The van der Waals surface area contributed by atoms with E-state index in [4.69, 9.17) is 9.84 Å². The average Bonchev–Trinajstić information content (AvgIpc) is 2.59. The third-order valence-electron chi connectivity index (χ3n) is 4.20. The normalized spacial score (nSPS) is 12.6. The summed E-state index contributed by atoms with van der Waals surface area (Å²) >= 11 is 0. The summed E-state index contributed by atoms with van der Waals surface area (Å²) in [6, 6.07) is 8.40. The van der Waals surface area contributed by atoms with Crippen molar-refractivity contribution in [1.82, 2.24) is 4.98 Å². The topological polar surface area (TPSA) is 62.6 Å². The molecule has 0 aliphatic carbocycles. The van der Waals surface area contributed by atoms with Crippen molar-refractivity contribution in [3.05, 3.63) is 58.9 Å². The third kappa shape index (κ3) is 5.83. The van der Waals surface area contributed by atoms with Crippen LogP contribution < -0.4 is 4.74 Å². The highest BCUT2D eigenvalue weighted by Gasteiger charge is 2.09. The molecule has 0 saturated heterocycles. The van der Waals surface area contributed by atoms with Crippen molar-refractivity contribution in [3.63, 3.8) is 0 Å². The van der Waals surface area contributed by atoms with Crippen molar-refractivity contribution in [2.75, 3.05) is 13.2 Å². The van der Waals surface area contributed by atoms with E-state index in [2.05, 4.69) is 44.8 Å². The quantitative estimate of drug-likeness (QED) is 0.768. The first-order valence-corrected chi connectivity index (χ1v) is 8.88. The van der Waals surface area contributed by atoms with Crippen LogP contribution in [0.4, 0.5) is 0 Å². The van der Waals surface area contributed by atoms with Gasteiger partial charge in [-0.2, -0.15) is 0 Å². The van der Waals surface area contributed by atoms with Gasteiger partial charge in [0.15, 0.2) is 0 Å². The molecule has 4 nitrogen and oxygen atoms in total. The standard InChI is InChI=1S/C21H29NO3/c1-14(2)18-6-16(8-21(9-18)25-13-20(24)12-23)5-17-7-19(15(3)4)11-22-10-17/h6-11,14-15,20,23-24H,5,12-13H2,1-4H3/t20-/m0/s1. The Labute approximate surface area is 150 Å². The Bertz CT molecular complexity index is 683. The number of ether oxygens (including phenoxy) is 1. The SMILES string of the molecule is CC(C)c1cncc(Cc2cc(OC[C@@H](O)CO)cc(C(C)C)c2)c1. The zero-order valence-electron chi connectivity index (χ0n) is 15.6. The van der Waals surface area contributed by atoms with E-state index >= 15 is 0 Å². The zero-order chi connectivity index (χ0) is 18.4. The molecular formula is C21H29NO3. The maximum atomic E-state index is 9.50. The van der Waals surface area contributed by atoms with Gasteiger partial charge in [0.05, 0.1) is 6.61 Å². The van der Waals surface area contributed by atoms with Gasteiger partial charge in [-0.05, 0) is 52.6 Å². The highest BCUT2D eigenvalue weighted by atomic mass is 16.5. The van der Waals surface area contributed by atoms with Gasteiger partial charge in [-0.1, -0.05) is 39.8 Å². The van der Waals surface area contributed by atoms with E-state index in [-0.39, 0.29) is 13.2 Å². The van der Waals surface area contributed by atoms with Gasteiger partial charge in [-0.25, -0.2) is 0 Å². The number of hydrogen-bond acceptors (Lipinski definition) is 4. The predicted molar refractivity (Wildman–Crippen MR) is 100 cm³/mol. The number of nitrogens with zero attached hydrogens (tertiary/aromatic N) is 1. The molecule has 0 fully saturated rings. The Morgan fingerprint density at radius 2 is 1.60 bits per heavy atom. The second-order valence-electron chi connectivity index (χ2n) is 7.17. The second kappa shape index (κ2) is 8.97. The Balaban J connectivity index is 2.23. The van der Waals surface area contributed by atoms with Crippen molar-refractivity contribution >= 4 is 0 Å². The number of hydrogen-bond donors (Lipinski definition) is 2. The molecule has 2 aromatic rings. The fourth-order valence-electron chi connectivity index (χ4n) is 2.61. The van der Waals surface area contributed by atoms with E-state index in [1.54, 1.807) is 0 Å². The molecule has 0 unspecified atom stereocenters. The minimum Gasteiger partial charge on any atom is -0.491 e. The summed E-state index contributed by atoms with van der Waals surface area (Å²) in [5.41, 5.74) is 4.76. The van der Waals surface area contributed by atoms with Gasteiger partial charge in [-0.3, -0.25) is 4.98 Å². The number of aliphatic hydroxyl groups is 2. The van der Waals surface area contributed by atoms with E-state index in [9.17, 15) is 5.11 Å². The molecule has 0 spiro atoms. The summed E-state index contributed by atoms with van der Waals surface area (Å²) in [7, 11) is 0. The van der Waals surface area contributed by atoms with Gasteiger partial charge < -0.3 is 14.9 Å². The molecule has 136 valence electrons. The van der Waals surface area contributed by atoms with Gasteiger partial charge in [0.2, 0.25) is 0 Å². The van der Waals surface area contributed by atoms with Crippen LogP contribution in [0.1, 0.15) is 61.8 Å². The Morgan fingerprint density at radius 1 is 0.920 bits per heavy atom. The summed E-state index contributed by atoms with van der Waals surface area (Å²) in [5, 5.41) is 18.4. The fourth-order valence-corrected chi connectivity index (χ4v) is 2.61. The highest BCUT2D eigenvalue weighted by Crippen LogP contribution is 2.25. The van der Waals surface area contributed by atoms with Crippen LogP contribution in [0, 0.1) is 0 Å². The van der Waals surface area contributed by atoms with Crippen molar-refractivity contribution in [2.45, 2.75) is 52.1 Å². The lowest BCUT2D eigenvalue weighted by atomic mass is 9.96. The molecule has 4 heteroatoms. The summed E-state index contributed by atoms with van der Waals surface area (Å²) in [4.78, 5) is 4.36. The van der Waals surface area contributed by atoms with Gasteiger partial charge in [0.1, 0.15) is 18.5 Å². The summed E-state index contributed by atoms with van der Waals surface area (Å²) < 4.78 is 5.66. The van der Waals surface area contributed by atoms with Gasteiger partial charge >= 0.3 is 0 Å². The fraction of sp³-hybridized carbons (Fsp3) is 0.476. The lowest BCUT2D eigenvalue weighted by Crippen LogP contribution is -2.21. The average molecular weight is 343 g/mol. The lowest BCUT2D eigenvalue weighted by molar-refractivity contribution is 0.0535. The van der Waals surface area contributed by atoms with Crippen LogP contribution in [0.3, 0.4) is 0 Å². The molecule has 0 amide bonds. The van der Waals surface area contributed by atoms with Crippen LogP contribution in [0.2, 0.25) is 0 Å². The molecular weight excluding hydrogens is 314 g/mol. The van der Waals surface area contributed by atoms with E-state index in [0.717, 1.165) is 17.7 Å². The molecule has 1 aromatic carbocycles. The molecule has 0 saturated carbocycles. The van der Waals surface area contributed by atoms with E-state index in [1.807, 2.05) is 24.5 Å². The number of aromatic nitrogens is 1. The van der Waals surface area contributed by atoms with Gasteiger partial charge in [0, 0.05) is 12.4 Å². The van der Waals surface area contributed by atoms with Crippen LogP contribution in [-0.2, 0) is 6.42 Å².